The van der Waals surface area contributed by atoms with Gasteiger partial charge in [-0.15, -0.1) is 23.1 Å². The maximum absolute atomic E-state index is 12.7. The van der Waals surface area contributed by atoms with Crippen LogP contribution in [0.3, 0.4) is 0 Å². The highest BCUT2D eigenvalue weighted by Gasteiger charge is 2.06. The summed E-state index contributed by atoms with van der Waals surface area (Å²) in [7, 11) is 0. The van der Waals surface area contributed by atoms with Crippen molar-refractivity contribution in [1.29, 1.82) is 0 Å². The second-order valence-electron chi connectivity index (χ2n) is 3.70. The second-order valence-corrected chi connectivity index (χ2v) is 5.69. The molecule has 5 heteroatoms. The summed E-state index contributed by atoms with van der Waals surface area (Å²) in [6.45, 7) is 1.92. The van der Waals surface area contributed by atoms with Crippen LogP contribution in [0.25, 0.3) is 0 Å². The molecule has 1 aromatic carbocycles. The lowest BCUT2D eigenvalue weighted by atomic mass is 10.3. The second kappa shape index (κ2) is 5.62. The van der Waals surface area contributed by atoms with Crippen molar-refractivity contribution in [3.8, 4) is 0 Å². The first-order chi connectivity index (χ1) is 8.15. The molecule has 1 unspecified atom stereocenters. The van der Waals surface area contributed by atoms with E-state index >= 15 is 0 Å². The monoisotopic (exact) mass is 268 g/mol. The fourth-order valence-electron chi connectivity index (χ4n) is 1.28. The first kappa shape index (κ1) is 12.5. The van der Waals surface area contributed by atoms with Crippen LogP contribution in [0.15, 0.2) is 34.5 Å². The molecule has 0 amide bonds. The molecule has 0 saturated heterocycles. The van der Waals surface area contributed by atoms with Crippen LogP contribution < -0.4 is 5.73 Å². The minimum Gasteiger partial charge on any atom is -0.323 e. The van der Waals surface area contributed by atoms with E-state index in [4.69, 9.17) is 5.73 Å². The predicted molar refractivity (Wildman–Crippen MR) is 70.7 cm³/mol. The number of aromatic nitrogens is 1. The Morgan fingerprint density at radius 3 is 2.71 bits per heavy atom. The third-order valence-corrected chi connectivity index (χ3v) is 4.29. The van der Waals surface area contributed by atoms with Crippen molar-refractivity contribution in [3.63, 3.8) is 0 Å². The molecule has 0 saturated carbocycles. The predicted octanol–water partition coefficient (Wildman–Crippen LogP) is 3.59. The van der Waals surface area contributed by atoms with E-state index in [9.17, 15) is 4.39 Å². The number of nitrogens with two attached hydrogens (primary N) is 1. The molecule has 2 nitrogen and oxygen atoms in total. The van der Waals surface area contributed by atoms with E-state index in [1.165, 1.54) is 12.1 Å². The number of nitrogens with zero attached hydrogens (tertiary/aromatic N) is 1. The van der Waals surface area contributed by atoms with Crippen LogP contribution in [0.5, 0.6) is 0 Å². The van der Waals surface area contributed by atoms with Crippen molar-refractivity contribution in [3.05, 3.63) is 46.2 Å². The molecule has 0 spiro atoms. The summed E-state index contributed by atoms with van der Waals surface area (Å²) in [5.74, 6) is 0.589. The molecule has 1 heterocycles. The average Bonchev–Trinajstić information content (AvgIpc) is 2.77. The van der Waals surface area contributed by atoms with Crippen molar-refractivity contribution in [1.82, 2.24) is 4.98 Å². The molecule has 1 atom stereocenters. The molecule has 0 bridgehead atoms. The Morgan fingerprint density at radius 2 is 2.12 bits per heavy atom. The molecule has 0 aliphatic heterocycles. The summed E-state index contributed by atoms with van der Waals surface area (Å²) >= 11 is 3.26. The molecule has 0 aliphatic carbocycles. The molecule has 0 fully saturated rings. The Bertz CT molecular complexity index is 480. The zero-order valence-electron chi connectivity index (χ0n) is 9.39. The summed E-state index contributed by atoms with van der Waals surface area (Å²) in [4.78, 5) is 5.49. The zero-order valence-corrected chi connectivity index (χ0v) is 11.0. The van der Waals surface area contributed by atoms with Crippen LogP contribution in [0.2, 0.25) is 0 Å². The van der Waals surface area contributed by atoms with Crippen LogP contribution in [-0.4, -0.2) is 4.98 Å². The quantitative estimate of drug-likeness (QED) is 0.861. The van der Waals surface area contributed by atoms with Gasteiger partial charge in [-0.2, -0.15) is 0 Å². The third-order valence-electron chi connectivity index (χ3n) is 2.21. The van der Waals surface area contributed by atoms with E-state index < -0.39 is 0 Å². The van der Waals surface area contributed by atoms with Crippen molar-refractivity contribution >= 4 is 23.1 Å². The zero-order chi connectivity index (χ0) is 12.3. The molecule has 90 valence electrons. The minimum atomic E-state index is -0.206. The SMILES string of the molecule is CC(N)c1csc(CSc2ccc(F)cc2)n1. The minimum absolute atomic E-state index is 0.0178. The van der Waals surface area contributed by atoms with Crippen LogP contribution in [0.4, 0.5) is 4.39 Å². The number of hydrogen-bond acceptors (Lipinski definition) is 4. The molecule has 0 aliphatic rings. The third kappa shape index (κ3) is 3.52. The fraction of sp³-hybridized carbons (Fsp3) is 0.250. The van der Waals surface area contributed by atoms with Crippen LogP contribution >= 0.6 is 23.1 Å². The Morgan fingerprint density at radius 1 is 1.41 bits per heavy atom. The lowest BCUT2D eigenvalue weighted by Crippen LogP contribution is -2.05. The Hall–Kier alpha value is -0.910. The first-order valence-electron chi connectivity index (χ1n) is 5.23. The normalized spacial score (nSPS) is 12.6. The van der Waals surface area contributed by atoms with Crippen molar-refractivity contribution in [2.75, 3.05) is 0 Å². The first-order valence-corrected chi connectivity index (χ1v) is 7.10. The Balaban J connectivity index is 1.95. The highest BCUT2D eigenvalue weighted by atomic mass is 32.2. The van der Waals surface area contributed by atoms with Gasteiger partial charge in [0, 0.05) is 16.3 Å². The number of hydrogen-bond donors (Lipinski definition) is 1. The van der Waals surface area contributed by atoms with Gasteiger partial charge in [0.2, 0.25) is 0 Å². The number of thiazole rings is 1. The van der Waals surface area contributed by atoms with E-state index in [1.54, 1.807) is 35.2 Å². The summed E-state index contributed by atoms with van der Waals surface area (Å²) in [6, 6.07) is 6.48. The number of benzene rings is 1. The average molecular weight is 268 g/mol. The standard InChI is InChI=1S/C12H13FN2S2/c1-8(14)11-6-17-12(15-11)7-16-10-4-2-9(13)3-5-10/h2-6,8H,7,14H2,1H3. The lowest BCUT2D eigenvalue weighted by Gasteiger charge is -1.99. The van der Waals surface area contributed by atoms with E-state index in [1.807, 2.05) is 12.3 Å². The van der Waals surface area contributed by atoms with E-state index in [2.05, 4.69) is 4.98 Å². The Kier molecular flexibility index (Phi) is 4.15. The van der Waals surface area contributed by atoms with Gasteiger partial charge in [-0.1, -0.05) is 0 Å². The number of rotatable bonds is 4. The maximum atomic E-state index is 12.7. The van der Waals surface area contributed by atoms with Crippen LogP contribution in [0, 0.1) is 5.82 Å². The van der Waals surface area contributed by atoms with Gasteiger partial charge in [0.25, 0.3) is 0 Å². The summed E-state index contributed by atoms with van der Waals surface area (Å²) in [6.07, 6.45) is 0. The molecular formula is C12H13FN2S2. The van der Waals surface area contributed by atoms with Gasteiger partial charge in [-0.3, -0.25) is 0 Å². The number of halogens is 1. The fourth-order valence-corrected chi connectivity index (χ4v) is 3.09. The highest BCUT2D eigenvalue weighted by molar-refractivity contribution is 7.98. The topological polar surface area (TPSA) is 38.9 Å². The molecule has 17 heavy (non-hydrogen) atoms. The molecule has 0 radical (unpaired) electrons. The molecular weight excluding hydrogens is 255 g/mol. The molecule has 2 N–H and O–H groups in total. The van der Waals surface area contributed by atoms with Gasteiger partial charge < -0.3 is 5.73 Å². The van der Waals surface area contributed by atoms with Gasteiger partial charge in [0.05, 0.1) is 11.4 Å². The Labute approximate surface area is 108 Å². The molecule has 2 aromatic rings. The smallest absolute Gasteiger partial charge is 0.123 e. The van der Waals surface area contributed by atoms with Crippen molar-refractivity contribution in [2.45, 2.75) is 23.6 Å². The van der Waals surface area contributed by atoms with E-state index in [0.717, 1.165) is 21.3 Å². The van der Waals surface area contributed by atoms with E-state index in [0.29, 0.717) is 0 Å². The van der Waals surface area contributed by atoms with E-state index in [-0.39, 0.29) is 11.9 Å². The molecule has 1 aromatic heterocycles. The van der Waals surface area contributed by atoms with Gasteiger partial charge in [-0.25, -0.2) is 9.37 Å². The van der Waals surface area contributed by atoms with Gasteiger partial charge in [0.1, 0.15) is 10.8 Å². The highest BCUT2D eigenvalue weighted by Crippen LogP contribution is 2.25. The van der Waals surface area contributed by atoms with Crippen molar-refractivity contribution in [2.24, 2.45) is 5.73 Å². The van der Waals surface area contributed by atoms with Crippen LogP contribution in [0.1, 0.15) is 23.7 Å². The largest absolute Gasteiger partial charge is 0.323 e. The van der Waals surface area contributed by atoms with Gasteiger partial charge in [-0.05, 0) is 31.2 Å². The lowest BCUT2D eigenvalue weighted by molar-refractivity contribution is 0.626. The van der Waals surface area contributed by atoms with Crippen molar-refractivity contribution < 1.29 is 4.39 Å². The molecule has 2 rings (SSSR count). The summed E-state index contributed by atoms with van der Waals surface area (Å²) in [5.41, 5.74) is 6.68. The summed E-state index contributed by atoms with van der Waals surface area (Å²) in [5, 5.41) is 3.04. The van der Waals surface area contributed by atoms with Gasteiger partial charge >= 0.3 is 0 Å². The summed E-state index contributed by atoms with van der Waals surface area (Å²) < 4.78 is 12.7. The van der Waals surface area contributed by atoms with Crippen LogP contribution in [-0.2, 0) is 5.75 Å². The van der Waals surface area contributed by atoms with Gasteiger partial charge in [0.15, 0.2) is 0 Å². The maximum Gasteiger partial charge on any atom is 0.123 e. The number of thioether (sulfide) groups is 1.